The van der Waals surface area contributed by atoms with Crippen LogP contribution in [0.4, 0.5) is 0 Å². The van der Waals surface area contributed by atoms with E-state index < -0.39 is 9.84 Å². The Morgan fingerprint density at radius 2 is 1.83 bits per heavy atom. The molecule has 1 aromatic heterocycles. The number of aryl methyl sites for hydroxylation is 1. The summed E-state index contributed by atoms with van der Waals surface area (Å²) >= 11 is 0. The predicted molar refractivity (Wildman–Crippen MR) is 95.2 cm³/mol. The molecule has 0 spiro atoms. The molecule has 0 aromatic carbocycles. The van der Waals surface area contributed by atoms with E-state index in [1.165, 1.54) is 32.1 Å². The molecule has 1 aliphatic carbocycles. The minimum absolute atomic E-state index is 0.0488. The van der Waals surface area contributed by atoms with Crippen LogP contribution in [0.25, 0.3) is 0 Å². The quantitative estimate of drug-likeness (QED) is 0.840. The highest BCUT2D eigenvalue weighted by Crippen LogP contribution is 2.32. The summed E-state index contributed by atoms with van der Waals surface area (Å²) in [4.78, 5) is 14.6. The number of nitrogens with zero attached hydrogens (tertiary/aromatic N) is 2. The second-order valence-corrected chi connectivity index (χ2v) is 9.65. The zero-order valence-corrected chi connectivity index (χ0v) is 15.7. The zero-order chi connectivity index (χ0) is 17.5. The molecule has 1 atom stereocenters. The van der Waals surface area contributed by atoms with Gasteiger partial charge in [-0.25, -0.2) is 8.42 Å². The number of aromatic nitrogens is 1. The SMILES string of the molecule is Cc1cc(C(=O)N(C)C2CCS(=O)(=O)C2)c(C)n1C1CCCCC1. The first-order valence-electron chi connectivity index (χ1n) is 8.96. The molecule has 2 heterocycles. The van der Waals surface area contributed by atoms with Crippen molar-refractivity contribution in [2.75, 3.05) is 18.6 Å². The van der Waals surface area contributed by atoms with Crippen LogP contribution < -0.4 is 0 Å². The molecule has 24 heavy (non-hydrogen) atoms. The summed E-state index contributed by atoms with van der Waals surface area (Å²) in [6.07, 6.45) is 6.73. The third-order valence-corrected chi connectivity index (χ3v) is 7.48. The number of sulfone groups is 1. The van der Waals surface area contributed by atoms with E-state index in [4.69, 9.17) is 0 Å². The third-order valence-electron chi connectivity index (χ3n) is 5.73. The van der Waals surface area contributed by atoms with Gasteiger partial charge in [-0.1, -0.05) is 19.3 Å². The van der Waals surface area contributed by atoms with Crippen molar-refractivity contribution in [1.29, 1.82) is 0 Å². The van der Waals surface area contributed by atoms with Crippen LogP contribution in [0.3, 0.4) is 0 Å². The normalized spacial score (nSPS) is 24.2. The Morgan fingerprint density at radius 1 is 1.17 bits per heavy atom. The average Bonchev–Trinajstić information content (AvgIpc) is 3.06. The van der Waals surface area contributed by atoms with Gasteiger partial charge < -0.3 is 9.47 Å². The van der Waals surface area contributed by atoms with Crippen molar-refractivity contribution in [3.05, 3.63) is 23.0 Å². The Balaban J connectivity index is 1.83. The van der Waals surface area contributed by atoms with Crippen molar-refractivity contribution >= 4 is 15.7 Å². The van der Waals surface area contributed by atoms with Gasteiger partial charge in [0.05, 0.1) is 17.1 Å². The van der Waals surface area contributed by atoms with Gasteiger partial charge in [0.25, 0.3) is 5.91 Å². The molecule has 1 aliphatic heterocycles. The summed E-state index contributed by atoms with van der Waals surface area (Å²) in [6, 6.07) is 2.28. The second kappa shape index (κ2) is 6.54. The van der Waals surface area contributed by atoms with Crippen molar-refractivity contribution < 1.29 is 13.2 Å². The number of carbonyl (C=O) groups is 1. The lowest BCUT2D eigenvalue weighted by Crippen LogP contribution is -2.38. The predicted octanol–water partition coefficient (Wildman–Crippen LogP) is 2.87. The molecular weight excluding hydrogens is 324 g/mol. The monoisotopic (exact) mass is 352 g/mol. The first kappa shape index (κ1) is 17.5. The molecular formula is C18H28N2O3S. The molecule has 5 nitrogen and oxygen atoms in total. The topological polar surface area (TPSA) is 59.4 Å². The average molecular weight is 353 g/mol. The Morgan fingerprint density at radius 3 is 2.42 bits per heavy atom. The Bertz CT molecular complexity index is 730. The van der Waals surface area contributed by atoms with Gasteiger partial charge in [0, 0.05) is 30.5 Å². The molecule has 1 unspecified atom stereocenters. The van der Waals surface area contributed by atoms with E-state index in [1.54, 1.807) is 11.9 Å². The highest BCUT2D eigenvalue weighted by atomic mass is 32.2. The Kier molecular flexibility index (Phi) is 4.78. The molecule has 2 fully saturated rings. The van der Waals surface area contributed by atoms with Gasteiger partial charge in [0.15, 0.2) is 9.84 Å². The summed E-state index contributed by atoms with van der Waals surface area (Å²) < 4.78 is 25.7. The minimum atomic E-state index is -2.99. The zero-order valence-electron chi connectivity index (χ0n) is 14.9. The molecule has 0 N–H and O–H groups in total. The molecule has 1 saturated carbocycles. The number of rotatable bonds is 3. The van der Waals surface area contributed by atoms with Crippen LogP contribution in [0.5, 0.6) is 0 Å². The van der Waals surface area contributed by atoms with Gasteiger partial charge >= 0.3 is 0 Å². The molecule has 1 saturated heterocycles. The fraction of sp³-hybridized carbons (Fsp3) is 0.722. The third kappa shape index (κ3) is 3.25. The van der Waals surface area contributed by atoms with E-state index in [0.29, 0.717) is 12.5 Å². The summed E-state index contributed by atoms with van der Waals surface area (Å²) in [6.45, 7) is 4.09. The molecule has 2 aliphatic rings. The van der Waals surface area contributed by atoms with E-state index in [2.05, 4.69) is 11.5 Å². The molecule has 0 radical (unpaired) electrons. The van der Waals surface area contributed by atoms with Crippen molar-refractivity contribution in [3.8, 4) is 0 Å². The van der Waals surface area contributed by atoms with Gasteiger partial charge in [-0.15, -0.1) is 0 Å². The molecule has 1 amide bonds. The maximum absolute atomic E-state index is 12.9. The maximum atomic E-state index is 12.9. The van der Waals surface area contributed by atoms with Crippen molar-refractivity contribution in [3.63, 3.8) is 0 Å². The summed E-state index contributed by atoms with van der Waals surface area (Å²) in [5.74, 6) is 0.236. The van der Waals surface area contributed by atoms with Crippen LogP contribution in [0.2, 0.25) is 0 Å². The van der Waals surface area contributed by atoms with E-state index >= 15 is 0 Å². The number of hydrogen-bond donors (Lipinski definition) is 0. The molecule has 1 aromatic rings. The fourth-order valence-electron chi connectivity index (χ4n) is 4.33. The van der Waals surface area contributed by atoms with Crippen LogP contribution in [0.15, 0.2) is 6.07 Å². The smallest absolute Gasteiger partial charge is 0.255 e. The summed E-state index contributed by atoms with van der Waals surface area (Å²) in [7, 11) is -1.25. The van der Waals surface area contributed by atoms with Crippen LogP contribution in [-0.4, -0.2) is 48.4 Å². The van der Waals surface area contributed by atoms with Gasteiger partial charge in [-0.3, -0.25) is 4.79 Å². The molecule has 6 heteroatoms. The van der Waals surface area contributed by atoms with Gasteiger partial charge in [-0.05, 0) is 39.2 Å². The van der Waals surface area contributed by atoms with Gasteiger partial charge in [0.1, 0.15) is 0 Å². The van der Waals surface area contributed by atoms with Crippen LogP contribution in [0, 0.1) is 13.8 Å². The molecule has 134 valence electrons. The molecule has 0 bridgehead atoms. The second-order valence-electron chi connectivity index (χ2n) is 7.42. The van der Waals surface area contributed by atoms with E-state index in [0.717, 1.165) is 17.0 Å². The summed E-state index contributed by atoms with van der Waals surface area (Å²) in [5, 5.41) is 0. The standard InChI is InChI=1S/C18H28N2O3S/c1-13-11-17(14(2)20(13)15-7-5-4-6-8-15)18(21)19(3)16-9-10-24(22,23)12-16/h11,15-16H,4-10,12H2,1-3H3. The first-order chi connectivity index (χ1) is 11.3. The van der Waals surface area contributed by atoms with E-state index in [1.807, 2.05) is 13.0 Å². The summed E-state index contributed by atoms with van der Waals surface area (Å²) in [5.41, 5.74) is 2.89. The maximum Gasteiger partial charge on any atom is 0.255 e. The van der Waals surface area contributed by atoms with Crippen molar-refractivity contribution in [2.45, 2.75) is 64.5 Å². The lowest BCUT2D eigenvalue weighted by Gasteiger charge is -2.27. The van der Waals surface area contributed by atoms with Gasteiger partial charge in [-0.2, -0.15) is 0 Å². The number of hydrogen-bond acceptors (Lipinski definition) is 3. The first-order valence-corrected chi connectivity index (χ1v) is 10.8. The highest BCUT2D eigenvalue weighted by Gasteiger charge is 2.34. The van der Waals surface area contributed by atoms with E-state index in [9.17, 15) is 13.2 Å². The molecule has 3 rings (SSSR count). The fourth-order valence-corrected chi connectivity index (χ4v) is 6.11. The van der Waals surface area contributed by atoms with Gasteiger partial charge in [0.2, 0.25) is 0 Å². The Labute approximate surface area is 144 Å². The van der Waals surface area contributed by atoms with Crippen LogP contribution >= 0.6 is 0 Å². The van der Waals surface area contributed by atoms with Crippen molar-refractivity contribution in [2.24, 2.45) is 0 Å². The van der Waals surface area contributed by atoms with Crippen molar-refractivity contribution in [1.82, 2.24) is 9.47 Å². The largest absolute Gasteiger partial charge is 0.345 e. The van der Waals surface area contributed by atoms with Crippen LogP contribution in [-0.2, 0) is 9.84 Å². The lowest BCUT2D eigenvalue weighted by molar-refractivity contribution is 0.0746. The number of amides is 1. The minimum Gasteiger partial charge on any atom is -0.345 e. The van der Waals surface area contributed by atoms with Crippen LogP contribution in [0.1, 0.15) is 66.3 Å². The number of carbonyl (C=O) groups excluding carboxylic acids is 1. The highest BCUT2D eigenvalue weighted by molar-refractivity contribution is 7.91. The Hall–Kier alpha value is -1.30. The van der Waals surface area contributed by atoms with E-state index in [-0.39, 0.29) is 23.5 Å². The lowest BCUT2D eigenvalue weighted by atomic mass is 9.95.